The number of fused-ring (bicyclic) bond motifs is 1. The van der Waals surface area contributed by atoms with Crippen molar-refractivity contribution in [2.75, 3.05) is 10.6 Å². The van der Waals surface area contributed by atoms with Crippen molar-refractivity contribution < 1.29 is 4.79 Å². The van der Waals surface area contributed by atoms with E-state index in [2.05, 4.69) is 25.6 Å². The molecule has 4 rings (SSSR count). The van der Waals surface area contributed by atoms with Crippen LogP contribution in [0.2, 0.25) is 0 Å². The quantitative estimate of drug-likeness (QED) is 0.559. The predicted octanol–water partition coefficient (Wildman–Crippen LogP) is 4.38. The number of urea groups is 1. The molecule has 2 aromatic heterocycles. The summed E-state index contributed by atoms with van der Waals surface area (Å²) in [4.78, 5) is 25.4. The van der Waals surface area contributed by atoms with Gasteiger partial charge >= 0.3 is 6.03 Å². The molecule has 0 aliphatic rings. The summed E-state index contributed by atoms with van der Waals surface area (Å²) in [5, 5.41) is 7.77. The topological polar surface area (TPSA) is 84.7 Å². The summed E-state index contributed by atoms with van der Waals surface area (Å²) >= 11 is 0. The number of imidazole rings is 1. The Kier molecular flexibility index (Phi) is 4.49. The van der Waals surface area contributed by atoms with Crippen LogP contribution in [-0.4, -0.2) is 25.6 Å². The van der Waals surface area contributed by atoms with E-state index >= 15 is 0 Å². The van der Waals surface area contributed by atoms with Gasteiger partial charge in [-0.15, -0.1) is 0 Å². The number of hydrogen-bond acceptors (Lipinski definition) is 4. The lowest BCUT2D eigenvalue weighted by Gasteiger charge is -2.09. The van der Waals surface area contributed by atoms with Gasteiger partial charge in [-0.2, -0.15) is 0 Å². The van der Waals surface area contributed by atoms with E-state index in [-0.39, 0.29) is 6.03 Å². The minimum atomic E-state index is -0.350. The molecule has 140 valence electrons. The number of amides is 2. The molecular formula is C21H20N6O. The van der Waals surface area contributed by atoms with E-state index in [1.165, 1.54) is 0 Å². The first-order chi connectivity index (χ1) is 13.5. The summed E-state index contributed by atoms with van der Waals surface area (Å²) in [6, 6.07) is 13.4. The van der Waals surface area contributed by atoms with Crippen LogP contribution in [0.5, 0.6) is 0 Å². The smallest absolute Gasteiger partial charge is 0.308 e. The van der Waals surface area contributed by atoms with Crippen LogP contribution < -0.4 is 10.6 Å². The lowest BCUT2D eigenvalue weighted by Crippen LogP contribution is -2.19. The number of nitrogens with zero attached hydrogens (tertiary/aromatic N) is 4. The molecule has 0 bridgehead atoms. The molecule has 0 saturated heterocycles. The number of aryl methyl sites for hydroxylation is 2. The van der Waals surface area contributed by atoms with Crippen LogP contribution in [0.15, 0.2) is 54.9 Å². The highest BCUT2D eigenvalue weighted by Crippen LogP contribution is 2.19. The van der Waals surface area contributed by atoms with Crippen LogP contribution in [0.3, 0.4) is 0 Å². The van der Waals surface area contributed by atoms with Crippen molar-refractivity contribution in [2.24, 2.45) is 0 Å². The molecule has 0 aliphatic carbocycles. The van der Waals surface area contributed by atoms with E-state index in [9.17, 15) is 4.79 Å². The number of hydrogen-bond donors (Lipinski definition) is 2. The molecule has 0 radical (unpaired) electrons. The van der Waals surface area contributed by atoms with Crippen molar-refractivity contribution in [2.45, 2.75) is 20.8 Å². The average molecular weight is 372 g/mol. The van der Waals surface area contributed by atoms with Crippen LogP contribution in [-0.2, 0) is 0 Å². The third kappa shape index (κ3) is 3.42. The lowest BCUT2D eigenvalue weighted by atomic mass is 10.1. The second-order valence-corrected chi connectivity index (χ2v) is 6.58. The number of carbonyl (C=O) groups is 1. The van der Waals surface area contributed by atoms with Crippen molar-refractivity contribution in [3.05, 3.63) is 72.1 Å². The standard InChI is InChI=1S/C21H20N6O/c1-13-14(2)27(15(3)24-13)20-22-11-19(12-23-20)26-21(28)25-18-9-8-16-6-4-5-7-17(16)10-18/h4-12H,1-3H3,(H2,25,26,28). The third-order valence-electron chi connectivity index (χ3n) is 4.62. The van der Waals surface area contributed by atoms with Crippen LogP contribution in [0.1, 0.15) is 17.2 Å². The van der Waals surface area contributed by atoms with E-state index in [4.69, 9.17) is 0 Å². The van der Waals surface area contributed by atoms with Crippen LogP contribution in [0.4, 0.5) is 16.2 Å². The Balaban J connectivity index is 1.47. The molecule has 0 spiro atoms. The summed E-state index contributed by atoms with van der Waals surface area (Å²) in [5.74, 6) is 1.35. The monoisotopic (exact) mass is 372 g/mol. The lowest BCUT2D eigenvalue weighted by molar-refractivity contribution is 0.262. The molecule has 0 saturated carbocycles. The predicted molar refractivity (Wildman–Crippen MR) is 110 cm³/mol. The fourth-order valence-corrected chi connectivity index (χ4v) is 3.13. The molecule has 7 heteroatoms. The largest absolute Gasteiger partial charge is 0.323 e. The first-order valence-electron chi connectivity index (χ1n) is 8.93. The summed E-state index contributed by atoms with van der Waals surface area (Å²) in [6.07, 6.45) is 3.16. The average Bonchev–Trinajstić information content (AvgIpc) is 2.94. The number of carbonyl (C=O) groups excluding carboxylic acids is 1. The number of anilines is 2. The van der Waals surface area contributed by atoms with Gasteiger partial charge in [0.2, 0.25) is 5.95 Å². The molecule has 2 amide bonds. The Hall–Kier alpha value is -3.74. The number of rotatable bonds is 3. The number of nitrogens with one attached hydrogen (secondary N) is 2. The highest BCUT2D eigenvalue weighted by Gasteiger charge is 2.12. The van der Waals surface area contributed by atoms with Gasteiger partial charge in [0.1, 0.15) is 5.82 Å². The van der Waals surface area contributed by atoms with Crippen LogP contribution >= 0.6 is 0 Å². The molecule has 28 heavy (non-hydrogen) atoms. The minimum Gasteiger partial charge on any atom is -0.308 e. The van der Waals surface area contributed by atoms with Gasteiger partial charge in [0, 0.05) is 11.4 Å². The van der Waals surface area contributed by atoms with Gasteiger partial charge in [-0.25, -0.2) is 19.7 Å². The maximum atomic E-state index is 12.3. The Morgan fingerprint density at radius 2 is 1.57 bits per heavy atom. The zero-order valence-corrected chi connectivity index (χ0v) is 15.9. The highest BCUT2D eigenvalue weighted by molar-refractivity contribution is 6.01. The van der Waals surface area contributed by atoms with Crippen molar-refractivity contribution in [1.82, 2.24) is 19.5 Å². The zero-order chi connectivity index (χ0) is 19.7. The summed E-state index contributed by atoms with van der Waals surface area (Å²) in [6.45, 7) is 5.83. The van der Waals surface area contributed by atoms with Crippen molar-refractivity contribution in [1.29, 1.82) is 0 Å². The fraction of sp³-hybridized carbons (Fsp3) is 0.143. The molecule has 0 fully saturated rings. The SMILES string of the molecule is Cc1nc(C)n(-c2ncc(NC(=O)Nc3ccc4ccccc4c3)cn2)c1C. The number of benzene rings is 2. The van der Waals surface area contributed by atoms with Crippen molar-refractivity contribution in [3.63, 3.8) is 0 Å². The molecule has 4 aromatic rings. The first kappa shape index (κ1) is 17.7. The van der Waals surface area contributed by atoms with E-state index in [0.29, 0.717) is 17.3 Å². The highest BCUT2D eigenvalue weighted by atomic mass is 16.2. The van der Waals surface area contributed by atoms with Gasteiger partial charge in [-0.3, -0.25) is 4.57 Å². The minimum absolute atomic E-state index is 0.350. The maximum Gasteiger partial charge on any atom is 0.323 e. The molecule has 0 atom stereocenters. The summed E-state index contributed by atoms with van der Waals surface area (Å²) in [5.41, 5.74) is 3.16. The van der Waals surface area contributed by atoms with Gasteiger partial charge in [-0.1, -0.05) is 30.3 Å². The van der Waals surface area contributed by atoms with Gasteiger partial charge in [-0.05, 0) is 43.7 Å². The molecule has 0 unspecified atom stereocenters. The van der Waals surface area contributed by atoms with Crippen LogP contribution in [0.25, 0.3) is 16.7 Å². The summed E-state index contributed by atoms with van der Waals surface area (Å²) in [7, 11) is 0. The molecule has 2 aromatic carbocycles. The van der Waals surface area contributed by atoms with Gasteiger partial charge in [0.15, 0.2) is 0 Å². The van der Waals surface area contributed by atoms with E-state index < -0.39 is 0 Å². The van der Waals surface area contributed by atoms with Crippen LogP contribution in [0, 0.1) is 20.8 Å². The number of aromatic nitrogens is 4. The maximum absolute atomic E-state index is 12.3. The van der Waals surface area contributed by atoms with E-state index in [1.807, 2.05) is 67.8 Å². The van der Waals surface area contributed by atoms with E-state index in [0.717, 1.165) is 28.0 Å². The van der Waals surface area contributed by atoms with E-state index in [1.54, 1.807) is 12.4 Å². The Morgan fingerprint density at radius 1 is 0.893 bits per heavy atom. The molecule has 2 heterocycles. The molecular weight excluding hydrogens is 352 g/mol. The summed E-state index contributed by atoms with van der Waals surface area (Å²) < 4.78 is 1.88. The Bertz CT molecular complexity index is 1160. The van der Waals surface area contributed by atoms with Crippen molar-refractivity contribution >= 4 is 28.2 Å². The molecule has 2 N–H and O–H groups in total. The van der Waals surface area contributed by atoms with Gasteiger partial charge in [0.05, 0.1) is 23.8 Å². The Morgan fingerprint density at radius 3 is 2.25 bits per heavy atom. The van der Waals surface area contributed by atoms with Crippen molar-refractivity contribution in [3.8, 4) is 5.95 Å². The zero-order valence-electron chi connectivity index (χ0n) is 15.9. The molecule has 0 aliphatic heterocycles. The molecule has 7 nitrogen and oxygen atoms in total. The third-order valence-corrected chi connectivity index (χ3v) is 4.62. The van der Waals surface area contributed by atoms with Gasteiger partial charge in [0.25, 0.3) is 0 Å². The second kappa shape index (κ2) is 7.11. The van der Waals surface area contributed by atoms with Gasteiger partial charge < -0.3 is 10.6 Å². The Labute approximate surface area is 162 Å². The normalized spacial score (nSPS) is 10.8. The first-order valence-corrected chi connectivity index (χ1v) is 8.93. The fourth-order valence-electron chi connectivity index (χ4n) is 3.13. The second-order valence-electron chi connectivity index (χ2n) is 6.58.